The van der Waals surface area contributed by atoms with E-state index in [0.29, 0.717) is 17.8 Å². The Morgan fingerprint density at radius 3 is 2.41 bits per heavy atom. The van der Waals surface area contributed by atoms with Gasteiger partial charge in [-0.25, -0.2) is 0 Å². The molecule has 0 aromatic carbocycles. The molecule has 0 aliphatic carbocycles. The number of morpholine rings is 1. The van der Waals surface area contributed by atoms with Gasteiger partial charge in [-0.3, -0.25) is 14.3 Å². The van der Waals surface area contributed by atoms with E-state index < -0.39 is 12.0 Å². The van der Waals surface area contributed by atoms with Gasteiger partial charge in [0.05, 0.1) is 24.7 Å². The molecule has 1 aliphatic heterocycles. The first kappa shape index (κ1) is 25.0. The van der Waals surface area contributed by atoms with E-state index in [1.165, 1.54) is 11.4 Å². The molecule has 0 bridgehead atoms. The van der Waals surface area contributed by atoms with Crippen molar-refractivity contribution in [2.24, 2.45) is 11.3 Å². The van der Waals surface area contributed by atoms with Gasteiger partial charge in [0.25, 0.3) is 6.57 Å². The molecule has 0 amide bonds. The minimum atomic E-state index is -2.76. The molecule has 0 aromatic heterocycles. The van der Waals surface area contributed by atoms with Gasteiger partial charge < -0.3 is 14.0 Å². The van der Waals surface area contributed by atoms with Crippen molar-refractivity contribution in [3.8, 4) is 0 Å². The maximum atomic E-state index is 12.9. The minimum Gasteiger partial charge on any atom is -0.464 e. The summed E-state index contributed by atoms with van der Waals surface area (Å²) in [4.78, 5) is 14.8. The summed E-state index contributed by atoms with van der Waals surface area (Å²) in [6.07, 6.45) is 1.21. The van der Waals surface area contributed by atoms with Crippen molar-refractivity contribution in [2.45, 2.75) is 54.1 Å². The van der Waals surface area contributed by atoms with E-state index >= 15 is 0 Å². The van der Waals surface area contributed by atoms with E-state index in [-0.39, 0.29) is 18.7 Å². The monoisotopic (exact) mass is 423 g/mol. The first-order valence-electron chi connectivity index (χ1n) is 9.93. The fourth-order valence-electron chi connectivity index (χ4n) is 2.77. The molecule has 0 aromatic rings. The zero-order valence-electron chi connectivity index (χ0n) is 17.9. The molecule has 1 unspecified atom stereocenters. The first-order valence-corrected chi connectivity index (χ1v) is 13.3. The third kappa shape index (κ3) is 10.3. The van der Waals surface area contributed by atoms with Crippen molar-refractivity contribution < 1.29 is 23.4 Å². The zero-order valence-corrected chi connectivity index (χ0v) is 19.6. The van der Waals surface area contributed by atoms with Crippen molar-refractivity contribution in [1.29, 1.82) is 0 Å². The average molecular weight is 424 g/mol. The van der Waals surface area contributed by atoms with E-state index in [1.807, 2.05) is 41.5 Å². The van der Waals surface area contributed by atoms with Crippen LogP contribution in [-0.2, 0) is 23.4 Å². The zero-order chi connectivity index (χ0) is 20.5. The molecule has 6 nitrogen and oxygen atoms in total. The van der Waals surface area contributed by atoms with Gasteiger partial charge in [0, 0.05) is 25.0 Å². The van der Waals surface area contributed by atoms with E-state index in [0.717, 1.165) is 39.3 Å². The molecule has 1 saturated heterocycles. The molecule has 160 valence electrons. The predicted molar refractivity (Wildman–Crippen MR) is 113 cm³/mol. The summed E-state index contributed by atoms with van der Waals surface area (Å²) >= 11 is 1.30. The average Bonchev–Trinajstić information content (AvgIpc) is 2.56. The summed E-state index contributed by atoms with van der Waals surface area (Å²) in [6, 6.07) is 0. The molecular weight excluding hydrogens is 385 g/mol. The summed E-state index contributed by atoms with van der Waals surface area (Å²) in [5, 5.41) is 0. The topological polar surface area (TPSA) is 65.1 Å². The molecule has 1 rings (SSSR count). The van der Waals surface area contributed by atoms with Gasteiger partial charge in [-0.15, -0.1) is 0 Å². The van der Waals surface area contributed by atoms with Gasteiger partial charge in [0.15, 0.2) is 0 Å². The Morgan fingerprint density at radius 1 is 1.22 bits per heavy atom. The Labute approximate surface area is 169 Å². The molecule has 1 heterocycles. The molecule has 8 heteroatoms. The number of nitrogens with zero attached hydrogens (tertiary/aromatic N) is 1. The number of ether oxygens (including phenoxy) is 2. The second-order valence-electron chi connectivity index (χ2n) is 8.40. The van der Waals surface area contributed by atoms with Crippen LogP contribution in [0.25, 0.3) is 0 Å². The number of hydrogen-bond donors (Lipinski definition) is 0. The molecule has 1 atom stereocenters. The van der Waals surface area contributed by atoms with Crippen LogP contribution in [0, 0.1) is 11.3 Å². The summed E-state index contributed by atoms with van der Waals surface area (Å²) in [5.74, 6) is 0.589. The lowest BCUT2D eigenvalue weighted by Gasteiger charge is -2.30. The van der Waals surface area contributed by atoms with Crippen molar-refractivity contribution in [1.82, 2.24) is 4.90 Å². The Kier molecular flexibility index (Phi) is 10.9. The van der Waals surface area contributed by atoms with Crippen molar-refractivity contribution in [2.75, 3.05) is 51.4 Å². The summed E-state index contributed by atoms with van der Waals surface area (Å²) in [6.45, 7) is 13.4. The normalized spacial score (nSPS) is 18.7. The Morgan fingerprint density at radius 2 is 1.85 bits per heavy atom. The SMILES string of the molecule is CC(C)CP(=O)(OC(C)C)SCCOC(=O)C(C)(C)CCN1CCOCC1. The lowest BCUT2D eigenvalue weighted by molar-refractivity contribution is -0.153. The highest BCUT2D eigenvalue weighted by atomic mass is 32.7. The molecular formula is C19H38NO5PS. The van der Waals surface area contributed by atoms with E-state index in [9.17, 15) is 9.36 Å². The molecule has 0 radical (unpaired) electrons. The van der Waals surface area contributed by atoms with Crippen molar-refractivity contribution in [3.63, 3.8) is 0 Å². The summed E-state index contributed by atoms with van der Waals surface area (Å²) in [5.41, 5.74) is -0.529. The Hall–Kier alpha value is -0.0700. The van der Waals surface area contributed by atoms with E-state index in [1.54, 1.807) is 0 Å². The number of rotatable bonds is 12. The number of hydrogen-bond acceptors (Lipinski definition) is 7. The molecule has 0 saturated carbocycles. The quantitative estimate of drug-likeness (QED) is 0.264. The predicted octanol–water partition coefficient (Wildman–Crippen LogP) is 4.29. The molecule has 1 fully saturated rings. The van der Waals surface area contributed by atoms with Gasteiger partial charge in [-0.2, -0.15) is 0 Å². The smallest absolute Gasteiger partial charge is 0.311 e. The van der Waals surface area contributed by atoms with Gasteiger partial charge in [0.1, 0.15) is 6.61 Å². The molecule has 0 N–H and O–H groups in total. The summed E-state index contributed by atoms with van der Waals surface area (Å²) in [7, 11) is 0. The maximum absolute atomic E-state index is 12.9. The molecule has 1 aliphatic rings. The number of carbonyl (C=O) groups excluding carboxylic acids is 1. The molecule has 27 heavy (non-hydrogen) atoms. The lowest BCUT2D eigenvalue weighted by atomic mass is 9.89. The lowest BCUT2D eigenvalue weighted by Crippen LogP contribution is -2.39. The third-order valence-electron chi connectivity index (χ3n) is 4.27. The maximum Gasteiger partial charge on any atom is 0.311 e. The highest BCUT2D eigenvalue weighted by Gasteiger charge is 2.31. The van der Waals surface area contributed by atoms with Gasteiger partial charge in [0.2, 0.25) is 0 Å². The Bertz CT molecular complexity index is 478. The van der Waals surface area contributed by atoms with Gasteiger partial charge in [-0.1, -0.05) is 25.2 Å². The van der Waals surface area contributed by atoms with E-state index in [4.69, 9.17) is 14.0 Å². The highest BCUT2D eigenvalue weighted by Crippen LogP contribution is 2.61. The largest absolute Gasteiger partial charge is 0.464 e. The van der Waals surface area contributed by atoms with Crippen molar-refractivity contribution >= 4 is 23.9 Å². The second-order valence-corrected chi connectivity index (χ2v) is 13.3. The third-order valence-corrected chi connectivity index (χ3v) is 9.37. The van der Waals surface area contributed by atoms with Crippen LogP contribution in [0.4, 0.5) is 0 Å². The van der Waals surface area contributed by atoms with Crippen LogP contribution < -0.4 is 0 Å². The van der Waals surface area contributed by atoms with Crippen molar-refractivity contribution in [3.05, 3.63) is 0 Å². The summed E-state index contributed by atoms with van der Waals surface area (Å²) < 4.78 is 29.5. The van der Waals surface area contributed by atoms with Gasteiger partial charge >= 0.3 is 5.97 Å². The van der Waals surface area contributed by atoms with Crippen LogP contribution in [-0.4, -0.2) is 68.3 Å². The van der Waals surface area contributed by atoms with Crippen LogP contribution >= 0.6 is 18.0 Å². The highest BCUT2D eigenvalue weighted by molar-refractivity contribution is 8.56. The first-order chi connectivity index (χ1) is 12.5. The van der Waals surface area contributed by atoms with Crippen LogP contribution in [0.1, 0.15) is 48.0 Å². The molecule has 0 spiro atoms. The van der Waals surface area contributed by atoms with Crippen LogP contribution in [0.2, 0.25) is 0 Å². The fourth-order valence-corrected chi connectivity index (χ4v) is 7.96. The van der Waals surface area contributed by atoms with Crippen LogP contribution in [0.5, 0.6) is 0 Å². The number of esters is 1. The van der Waals surface area contributed by atoms with Gasteiger partial charge in [-0.05, 0) is 46.6 Å². The van der Waals surface area contributed by atoms with Crippen LogP contribution in [0.3, 0.4) is 0 Å². The Balaban J connectivity index is 2.37. The standard InChI is InChI=1S/C19H38NO5PS/c1-16(2)15-26(22,25-17(3)4)27-14-13-24-18(21)19(5,6)7-8-20-9-11-23-12-10-20/h16-17H,7-15H2,1-6H3. The number of carbonyl (C=O) groups is 1. The second kappa shape index (κ2) is 11.8. The minimum absolute atomic E-state index is 0.0799. The fraction of sp³-hybridized carbons (Fsp3) is 0.947. The van der Waals surface area contributed by atoms with Crippen LogP contribution in [0.15, 0.2) is 0 Å². The van der Waals surface area contributed by atoms with E-state index in [2.05, 4.69) is 4.90 Å².